The SMILES string of the molecule is CC(C)(ON=C(C(=O)N[C@@H]1C(=O)N(S(=O)(=O)O)[C@H]1Cn1ccccc1=O)c1csc(N)n1)C(=O)O. The van der Waals surface area contributed by atoms with Gasteiger partial charge in [-0.3, -0.25) is 18.9 Å². The van der Waals surface area contributed by atoms with Crippen LogP contribution in [0.3, 0.4) is 0 Å². The van der Waals surface area contributed by atoms with E-state index in [1.165, 1.54) is 43.6 Å². The van der Waals surface area contributed by atoms with E-state index in [0.29, 0.717) is 0 Å². The van der Waals surface area contributed by atoms with Crippen molar-refractivity contribution in [2.24, 2.45) is 5.16 Å². The second-order valence-corrected chi connectivity index (χ2v) is 9.92. The van der Waals surface area contributed by atoms with Crippen molar-refractivity contribution in [2.75, 3.05) is 5.73 Å². The fourth-order valence-electron chi connectivity index (χ4n) is 2.96. The number of thiazole rings is 1. The van der Waals surface area contributed by atoms with E-state index in [4.69, 9.17) is 10.6 Å². The van der Waals surface area contributed by atoms with E-state index in [0.717, 1.165) is 15.9 Å². The highest BCUT2D eigenvalue weighted by Gasteiger charge is 2.54. The number of hydrogen-bond acceptors (Lipinski definition) is 11. The van der Waals surface area contributed by atoms with Crippen LogP contribution in [0, 0.1) is 0 Å². The molecule has 1 aliphatic rings. The van der Waals surface area contributed by atoms with Gasteiger partial charge in [-0.15, -0.1) is 11.3 Å². The lowest BCUT2D eigenvalue weighted by molar-refractivity contribution is -0.161. The third-order valence-electron chi connectivity index (χ3n) is 4.85. The molecular weight excluding hydrogens is 508 g/mol. The predicted octanol–water partition coefficient (Wildman–Crippen LogP) is -1.33. The maximum absolute atomic E-state index is 13.0. The van der Waals surface area contributed by atoms with E-state index < -0.39 is 57.0 Å². The number of nitrogens with two attached hydrogens (primary N) is 1. The topological polar surface area (TPSA) is 224 Å². The Morgan fingerprint density at radius 1 is 1.34 bits per heavy atom. The number of nitrogens with one attached hydrogen (secondary N) is 1. The molecule has 2 aromatic rings. The second-order valence-electron chi connectivity index (χ2n) is 7.74. The Hall–Kier alpha value is -3.83. The number of anilines is 1. The average molecular weight is 529 g/mol. The van der Waals surface area contributed by atoms with Crippen molar-refractivity contribution in [3.8, 4) is 0 Å². The van der Waals surface area contributed by atoms with Crippen LogP contribution < -0.4 is 16.6 Å². The first-order valence-corrected chi connectivity index (χ1v) is 12.0. The highest BCUT2D eigenvalue weighted by Crippen LogP contribution is 2.25. The van der Waals surface area contributed by atoms with Crippen molar-refractivity contribution in [1.29, 1.82) is 0 Å². The molecule has 2 aromatic heterocycles. The molecule has 3 rings (SSSR count). The third-order valence-corrected chi connectivity index (χ3v) is 6.47. The van der Waals surface area contributed by atoms with Crippen LogP contribution in [0.5, 0.6) is 0 Å². The Bertz CT molecular complexity index is 1360. The molecule has 35 heavy (non-hydrogen) atoms. The van der Waals surface area contributed by atoms with Gasteiger partial charge in [-0.1, -0.05) is 11.2 Å². The van der Waals surface area contributed by atoms with Gasteiger partial charge in [-0.25, -0.2) is 14.1 Å². The number of carboxylic acid groups (broad SMARTS) is 1. The number of aromatic nitrogens is 2. The van der Waals surface area contributed by atoms with Crippen molar-refractivity contribution < 1.29 is 37.3 Å². The molecule has 3 heterocycles. The predicted molar refractivity (Wildman–Crippen MR) is 121 cm³/mol. The standard InChI is InChI=1S/C18H20N6O9S2/c1-18(2,16(28)29)33-22-12(9-8-34-17(19)20-9)14(26)21-13-10(24(15(13)27)35(30,31)32)7-23-6-4-3-5-11(23)25/h3-6,8,10,13H,7H2,1-2H3,(H2,19,20)(H,21,26)(H,28,29)(H,30,31,32)/t10-,13-/m0/s1. The molecule has 0 spiro atoms. The lowest BCUT2D eigenvalue weighted by atomic mass is 9.98. The fourth-order valence-corrected chi connectivity index (χ4v) is 4.38. The monoisotopic (exact) mass is 528 g/mol. The van der Waals surface area contributed by atoms with Gasteiger partial charge in [0.15, 0.2) is 10.8 Å². The summed E-state index contributed by atoms with van der Waals surface area (Å²) in [7, 11) is -5.00. The number of carbonyl (C=O) groups excluding carboxylic acids is 2. The summed E-state index contributed by atoms with van der Waals surface area (Å²) in [6.07, 6.45) is 1.33. The molecule has 2 amide bonds. The summed E-state index contributed by atoms with van der Waals surface area (Å²) < 4.78 is 34.1. The molecule has 5 N–H and O–H groups in total. The van der Waals surface area contributed by atoms with Gasteiger partial charge in [0.2, 0.25) is 5.60 Å². The van der Waals surface area contributed by atoms with Crippen LogP contribution in [0.2, 0.25) is 0 Å². The van der Waals surface area contributed by atoms with Gasteiger partial charge in [0.1, 0.15) is 11.7 Å². The fraction of sp³-hybridized carbons (Fsp3) is 0.333. The van der Waals surface area contributed by atoms with Crippen molar-refractivity contribution >= 4 is 50.3 Å². The third kappa shape index (κ3) is 5.47. The molecule has 0 unspecified atom stereocenters. The van der Waals surface area contributed by atoms with E-state index in [9.17, 15) is 37.3 Å². The van der Waals surface area contributed by atoms with E-state index in [2.05, 4.69) is 15.5 Å². The number of amides is 2. The zero-order valence-corrected chi connectivity index (χ0v) is 19.8. The van der Waals surface area contributed by atoms with Crippen LogP contribution in [0.15, 0.2) is 39.7 Å². The number of hydrogen-bond donors (Lipinski definition) is 4. The minimum Gasteiger partial charge on any atom is -0.478 e. The molecule has 0 saturated carbocycles. The molecule has 17 heteroatoms. The largest absolute Gasteiger partial charge is 0.478 e. The molecule has 1 saturated heterocycles. The Kier molecular flexibility index (Phi) is 6.95. The Labute approximate surface area is 201 Å². The van der Waals surface area contributed by atoms with Crippen LogP contribution in [0.4, 0.5) is 5.13 Å². The van der Waals surface area contributed by atoms with E-state index in [-0.39, 0.29) is 21.7 Å². The summed E-state index contributed by atoms with van der Waals surface area (Å²) in [4.78, 5) is 57.8. The number of oxime groups is 1. The molecule has 0 bridgehead atoms. The maximum Gasteiger partial charge on any atom is 0.362 e. The zero-order valence-electron chi connectivity index (χ0n) is 18.2. The van der Waals surface area contributed by atoms with Crippen LogP contribution in [-0.4, -0.2) is 73.1 Å². The first kappa shape index (κ1) is 25.8. The number of pyridine rings is 1. The summed E-state index contributed by atoms with van der Waals surface area (Å²) in [5.41, 5.74) is 2.60. The van der Waals surface area contributed by atoms with E-state index in [1.54, 1.807) is 0 Å². The molecule has 0 radical (unpaired) electrons. The van der Waals surface area contributed by atoms with Crippen LogP contribution >= 0.6 is 11.3 Å². The van der Waals surface area contributed by atoms with Crippen molar-refractivity contribution in [3.05, 3.63) is 45.8 Å². The molecule has 1 aliphatic heterocycles. The van der Waals surface area contributed by atoms with Crippen molar-refractivity contribution in [1.82, 2.24) is 19.2 Å². The van der Waals surface area contributed by atoms with Gasteiger partial charge in [0.25, 0.3) is 17.4 Å². The summed E-state index contributed by atoms with van der Waals surface area (Å²) in [6.45, 7) is 1.97. The lowest BCUT2D eigenvalue weighted by Gasteiger charge is -2.44. The number of rotatable bonds is 9. The number of carboxylic acids is 1. The smallest absolute Gasteiger partial charge is 0.362 e. The van der Waals surface area contributed by atoms with Gasteiger partial charge < -0.3 is 25.6 Å². The summed E-state index contributed by atoms with van der Waals surface area (Å²) in [5, 5.41) is 16.5. The average Bonchev–Trinajstić information content (AvgIpc) is 3.17. The Morgan fingerprint density at radius 2 is 2.03 bits per heavy atom. The Morgan fingerprint density at radius 3 is 2.57 bits per heavy atom. The minimum absolute atomic E-state index is 0.0524. The molecule has 1 fully saturated rings. The van der Waals surface area contributed by atoms with E-state index in [1.807, 2.05) is 0 Å². The Balaban J connectivity index is 1.92. The highest BCUT2D eigenvalue weighted by molar-refractivity contribution is 7.84. The molecule has 0 aromatic carbocycles. The molecular formula is C18H20N6O9S2. The summed E-state index contributed by atoms with van der Waals surface area (Å²) in [5.74, 6) is -3.63. The highest BCUT2D eigenvalue weighted by atomic mass is 32.2. The first-order valence-electron chi connectivity index (χ1n) is 9.70. The number of nitrogens with zero attached hydrogens (tertiary/aromatic N) is 4. The van der Waals surface area contributed by atoms with Crippen LogP contribution in [-0.2, 0) is 36.1 Å². The van der Waals surface area contributed by atoms with Gasteiger partial charge in [0.05, 0.1) is 6.04 Å². The van der Waals surface area contributed by atoms with Gasteiger partial charge in [0, 0.05) is 24.2 Å². The maximum atomic E-state index is 13.0. The van der Waals surface area contributed by atoms with Gasteiger partial charge >= 0.3 is 16.3 Å². The second kappa shape index (κ2) is 9.43. The summed E-state index contributed by atoms with van der Waals surface area (Å²) >= 11 is 0.945. The van der Waals surface area contributed by atoms with Gasteiger partial charge in [-0.2, -0.15) is 8.42 Å². The normalized spacial score (nSPS) is 18.7. The van der Waals surface area contributed by atoms with E-state index >= 15 is 0 Å². The number of aliphatic carboxylic acids is 1. The molecule has 188 valence electrons. The van der Waals surface area contributed by atoms with Gasteiger partial charge in [-0.05, 0) is 19.9 Å². The number of nitrogen functional groups attached to an aromatic ring is 1. The molecule has 15 nitrogen and oxygen atoms in total. The van der Waals surface area contributed by atoms with Crippen LogP contribution in [0.25, 0.3) is 0 Å². The first-order chi connectivity index (χ1) is 16.2. The molecule has 0 aliphatic carbocycles. The van der Waals surface area contributed by atoms with Crippen LogP contribution in [0.1, 0.15) is 19.5 Å². The molecule has 2 atom stereocenters. The van der Waals surface area contributed by atoms with Crippen molar-refractivity contribution in [2.45, 2.75) is 38.1 Å². The zero-order chi connectivity index (χ0) is 26.1. The lowest BCUT2D eigenvalue weighted by Crippen LogP contribution is -2.73. The minimum atomic E-state index is -5.00. The van der Waals surface area contributed by atoms with Crippen molar-refractivity contribution in [3.63, 3.8) is 0 Å². The number of carbonyl (C=O) groups is 3. The quantitative estimate of drug-likeness (QED) is 0.129. The summed E-state index contributed by atoms with van der Waals surface area (Å²) in [6, 6.07) is 1.28. The number of β-lactam (4-membered cyclic amide) rings is 1.